The zero-order valence-corrected chi connectivity index (χ0v) is 11.8. The van der Waals surface area contributed by atoms with Crippen molar-refractivity contribution in [2.24, 2.45) is 0 Å². The molecule has 1 unspecified atom stereocenters. The second kappa shape index (κ2) is 6.99. The number of carboxylic acids is 1. The molecule has 0 fully saturated rings. The molecule has 4 heteroatoms. The Morgan fingerprint density at radius 2 is 1.67 bits per heavy atom. The first kappa shape index (κ1) is 15.2. The van der Waals surface area contributed by atoms with Gasteiger partial charge in [0.05, 0.1) is 6.42 Å². The standard InChI is InChI=1S/C17H18FNO2/c1-12(15-6-8-16(18)9-7-15)19-11-14-4-2-13(3-5-14)10-17(20)21/h2-9,12,19H,10-11H2,1H3,(H,20,21). The van der Waals surface area contributed by atoms with E-state index in [1.807, 2.05) is 31.2 Å². The van der Waals surface area contributed by atoms with E-state index < -0.39 is 5.97 Å². The van der Waals surface area contributed by atoms with Gasteiger partial charge in [0, 0.05) is 12.6 Å². The van der Waals surface area contributed by atoms with Crippen molar-refractivity contribution in [2.45, 2.75) is 25.9 Å². The van der Waals surface area contributed by atoms with Crippen LogP contribution in [0.2, 0.25) is 0 Å². The van der Waals surface area contributed by atoms with Gasteiger partial charge in [-0.2, -0.15) is 0 Å². The predicted molar refractivity (Wildman–Crippen MR) is 79.4 cm³/mol. The molecule has 0 amide bonds. The fourth-order valence-electron chi connectivity index (χ4n) is 2.09. The van der Waals surface area contributed by atoms with Crippen molar-refractivity contribution in [1.29, 1.82) is 0 Å². The molecule has 0 bridgehead atoms. The summed E-state index contributed by atoms with van der Waals surface area (Å²) in [5.41, 5.74) is 2.90. The van der Waals surface area contributed by atoms with Gasteiger partial charge >= 0.3 is 5.97 Å². The third kappa shape index (κ3) is 4.68. The SMILES string of the molecule is CC(NCc1ccc(CC(=O)O)cc1)c1ccc(F)cc1. The number of benzene rings is 2. The third-order valence-electron chi connectivity index (χ3n) is 3.36. The van der Waals surface area contributed by atoms with Gasteiger partial charge in [-0.1, -0.05) is 36.4 Å². The smallest absolute Gasteiger partial charge is 0.307 e. The van der Waals surface area contributed by atoms with Crippen LogP contribution in [0.15, 0.2) is 48.5 Å². The molecule has 3 nitrogen and oxygen atoms in total. The van der Waals surface area contributed by atoms with Crippen LogP contribution < -0.4 is 5.32 Å². The fraction of sp³-hybridized carbons (Fsp3) is 0.235. The van der Waals surface area contributed by atoms with E-state index in [-0.39, 0.29) is 18.3 Å². The summed E-state index contributed by atoms with van der Waals surface area (Å²) in [7, 11) is 0. The number of carbonyl (C=O) groups is 1. The van der Waals surface area contributed by atoms with Crippen LogP contribution in [0.25, 0.3) is 0 Å². The van der Waals surface area contributed by atoms with E-state index in [9.17, 15) is 9.18 Å². The first-order chi connectivity index (χ1) is 10.0. The van der Waals surface area contributed by atoms with E-state index >= 15 is 0 Å². The molecule has 0 heterocycles. The van der Waals surface area contributed by atoms with Gasteiger partial charge in [-0.25, -0.2) is 4.39 Å². The second-order valence-electron chi connectivity index (χ2n) is 5.04. The molecule has 110 valence electrons. The van der Waals surface area contributed by atoms with Gasteiger partial charge in [-0.15, -0.1) is 0 Å². The second-order valence-corrected chi connectivity index (χ2v) is 5.04. The third-order valence-corrected chi connectivity index (χ3v) is 3.36. The maximum atomic E-state index is 12.9. The average Bonchev–Trinajstić information content (AvgIpc) is 2.46. The molecule has 2 aromatic rings. The topological polar surface area (TPSA) is 49.3 Å². The molecule has 0 aliphatic rings. The summed E-state index contributed by atoms with van der Waals surface area (Å²) in [6.07, 6.45) is 0.0414. The Morgan fingerprint density at radius 3 is 2.24 bits per heavy atom. The summed E-state index contributed by atoms with van der Waals surface area (Å²) < 4.78 is 12.9. The lowest BCUT2D eigenvalue weighted by Gasteiger charge is -2.14. The summed E-state index contributed by atoms with van der Waals surface area (Å²) >= 11 is 0. The molecular formula is C17H18FNO2. The summed E-state index contributed by atoms with van der Waals surface area (Å²) in [6.45, 7) is 2.69. The Labute approximate surface area is 123 Å². The highest BCUT2D eigenvalue weighted by molar-refractivity contribution is 5.70. The number of hydrogen-bond donors (Lipinski definition) is 2. The Balaban J connectivity index is 1.90. The van der Waals surface area contributed by atoms with Crippen LogP contribution in [-0.4, -0.2) is 11.1 Å². The fourth-order valence-corrected chi connectivity index (χ4v) is 2.09. The number of carboxylic acid groups (broad SMARTS) is 1. The lowest BCUT2D eigenvalue weighted by atomic mass is 10.1. The van der Waals surface area contributed by atoms with E-state index in [1.54, 1.807) is 12.1 Å². The zero-order chi connectivity index (χ0) is 15.2. The highest BCUT2D eigenvalue weighted by atomic mass is 19.1. The normalized spacial score (nSPS) is 12.1. The molecule has 0 radical (unpaired) electrons. The maximum Gasteiger partial charge on any atom is 0.307 e. The minimum absolute atomic E-state index is 0.0414. The molecule has 0 aliphatic heterocycles. The number of nitrogens with one attached hydrogen (secondary N) is 1. The average molecular weight is 287 g/mol. The summed E-state index contributed by atoms with van der Waals surface area (Å²) in [4.78, 5) is 10.6. The van der Waals surface area contributed by atoms with E-state index in [2.05, 4.69) is 5.32 Å². The van der Waals surface area contributed by atoms with Crippen LogP contribution in [0.5, 0.6) is 0 Å². The van der Waals surface area contributed by atoms with Gasteiger partial charge in [-0.3, -0.25) is 4.79 Å². The predicted octanol–water partition coefficient (Wildman–Crippen LogP) is 3.30. The van der Waals surface area contributed by atoms with Crippen molar-refractivity contribution in [1.82, 2.24) is 5.32 Å². The lowest BCUT2D eigenvalue weighted by molar-refractivity contribution is -0.136. The minimum atomic E-state index is -0.828. The van der Waals surface area contributed by atoms with Crippen molar-refractivity contribution in [3.8, 4) is 0 Å². The largest absolute Gasteiger partial charge is 0.481 e. The number of halogens is 1. The molecule has 2 rings (SSSR count). The molecule has 0 saturated heterocycles. The Kier molecular flexibility index (Phi) is 5.06. The Bertz CT molecular complexity index is 593. The van der Waals surface area contributed by atoms with E-state index in [4.69, 9.17) is 5.11 Å². The highest BCUT2D eigenvalue weighted by Gasteiger charge is 2.05. The summed E-state index contributed by atoms with van der Waals surface area (Å²) in [5, 5.41) is 12.1. The maximum absolute atomic E-state index is 12.9. The van der Waals surface area contributed by atoms with Crippen LogP contribution in [0, 0.1) is 5.82 Å². The molecule has 0 aromatic heterocycles. The van der Waals surface area contributed by atoms with Gasteiger partial charge in [0.25, 0.3) is 0 Å². The van der Waals surface area contributed by atoms with Crippen molar-refractivity contribution < 1.29 is 14.3 Å². The Morgan fingerprint density at radius 1 is 1.10 bits per heavy atom. The van der Waals surface area contributed by atoms with Gasteiger partial charge < -0.3 is 10.4 Å². The quantitative estimate of drug-likeness (QED) is 0.857. The van der Waals surface area contributed by atoms with Crippen molar-refractivity contribution in [2.75, 3.05) is 0 Å². The van der Waals surface area contributed by atoms with Gasteiger partial charge in [0.1, 0.15) is 5.82 Å². The van der Waals surface area contributed by atoms with Gasteiger partial charge in [0.2, 0.25) is 0 Å². The Hall–Kier alpha value is -2.20. The minimum Gasteiger partial charge on any atom is -0.481 e. The zero-order valence-electron chi connectivity index (χ0n) is 11.8. The van der Waals surface area contributed by atoms with E-state index in [0.29, 0.717) is 6.54 Å². The molecule has 21 heavy (non-hydrogen) atoms. The van der Waals surface area contributed by atoms with Gasteiger partial charge in [0.15, 0.2) is 0 Å². The van der Waals surface area contributed by atoms with Crippen LogP contribution in [0.1, 0.15) is 29.7 Å². The monoisotopic (exact) mass is 287 g/mol. The van der Waals surface area contributed by atoms with E-state index in [1.165, 1.54) is 12.1 Å². The van der Waals surface area contributed by atoms with E-state index in [0.717, 1.165) is 16.7 Å². The molecular weight excluding hydrogens is 269 g/mol. The number of aliphatic carboxylic acids is 1. The van der Waals surface area contributed by atoms with Crippen molar-refractivity contribution in [3.05, 3.63) is 71.0 Å². The highest BCUT2D eigenvalue weighted by Crippen LogP contribution is 2.14. The summed E-state index contributed by atoms with van der Waals surface area (Å²) in [5.74, 6) is -1.06. The van der Waals surface area contributed by atoms with Crippen LogP contribution in [0.3, 0.4) is 0 Å². The molecule has 1 atom stereocenters. The van der Waals surface area contributed by atoms with Crippen LogP contribution in [0.4, 0.5) is 4.39 Å². The molecule has 2 N–H and O–H groups in total. The van der Waals surface area contributed by atoms with Crippen molar-refractivity contribution in [3.63, 3.8) is 0 Å². The number of rotatable bonds is 6. The van der Waals surface area contributed by atoms with Crippen molar-refractivity contribution >= 4 is 5.97 Å². The molecule has 0 saturated carbocycles. The van der Waals surface area contributed by atoms with Crippen LogP contribution >= 0.6 is 0 Å². The molecule has 0 spiro atoms. The van der Waals surface area contributed by atoms with Crippen LogP contribution in [-0.2, 0) is 17.8 Å². The lowest BCUT2D eigenvalue weighted by Crippen LogP contribution is -2.18. The molecule has 0 aliphatic carbocycles. The number of hydrogen-bond acceptors (Lipinski definition) is 2. The first-order valence-electron chi connectivity index (χ1n) is 6.83. The summed E-state index contributed by atoms with van der Waals surface area (Å²) in [6, 6.07) is 14.0. The molecule has 2 aromatic carbocycles. The first-order valence-corrected chi connectivity index (χ1v) is 6.83. The van der Waals surface area contributed by atoms with Gasteiger partial charge in [-0.05, 0) is 35.7 Å².